The third kappa shape index (κ3) is 5.18. The molecule has 0 radical (unpaired) electrons. The largest absolute Gasteiger partial charge is 0.385 e. The van der Waals surface area contributed by atoms with Crippen molar-refractivity contribution in [3.8, 4) is 6.07 Å². The Kier molecular flexibility index (Phi) is 6.86. The van der Waals surface area contributed by atoms with E-state index in [1.54, 1.807) is 6.07 Å². The van der Waals surface area contributed by atoms with Crippen LogP contribution in [0.1, 0.15) is 51.0 Å². The van der Waals surface area contributed by atoms with Gasteiger partial charge in [0.2, 0.25) is 0 Å². The molecule has 0 unspecified atom stereocenters. The highest BCUT2D eigenvalue weighted by Gasteiger charge is 2.01. The molecule has 1 N–H and O–H groups in total. The fourth-order valence-electron chi connectivity index (χ4n) is 1.85. The second-order valence-electron chi connectivity index (χ2n) is 4.50. The van der Waals surface area contributed by atoms with Gasteiger partial charge in [0.25, 0.3) is 0 Å². The predicted molar refractivity (Wildman–Crippen MR) is 73.0 cm³/mol. The lowest BCUT2D eigenvalue weighted by Crippen LogP contribution is -2.02. The van der Waals surface area contributed by atoms with Crippen molar-refractivity contribution in [3.05, 3.63) is 29.6 Å². The van der Waals surface area contributed by atoms with Crippen LogP contribution in [0.25, 0.3) is 0 Å². The summed E-state index contributed by atoms with van der Waals surface area (Å²) in [6.45, 7) is 3.07. The van der Waals surface area contributed by atoms with Gasteiger partial charge in [-0.25, -0.2) is 4.39 Å². The van der Waals surface area contributed by atoms with E-state index in [-0.39, 0.29) is 5.56 Å². The van der Waals surface area contributed by atoms with E-state index in [1.165, 1.54) is 44.2 Å². The lowest BCUT2D eigenvalue weighted by atomic mass is 10.1. The third-order valence-corrected chi connectivity index (χ3v) is 2.95. The summed E-state index contributed by atoms with van der Waals surface area (Å²) in [5.74, 6) is -0.453. The van der Waals surface area contributed by atoms with E-state index in [0.717, 1.165) is 18.7 Å². The predicted octanol–water partition coefficient (Wildman–Crippen LogP) is 4.47. The minimum atomic E-state index is -0.453. The maximum absolute atomic E-state index is 13.3. The van der Waals surface area contributed by atoms with Gasteiger partial charge in [-0.3, -0.25) is 0 Å². The van der Waals surface area contributed by atoms with Crippen LogP contribution >= 0.6 is 0 Å². The molecule has 1 aromatic carbocycles. The Balaban J connectivity index is 2.20. The van der Waals surface area contributed by atoms with E-state index in [1.807, 2.05) is 6.07 Å². The van der Waals surface area contributed by atoms with E-state index >= 15 is 0 Å². The summed E-state index contributed by atoms with van der Waals surface area (Å²) < 4.78 is 13.3. The number of nitriles is 1. The molecule has 0 atom stereocenters. The Labute approximate surface area is 109 Å². The molecule has 0 saturated heterocycles. The maximum atomic E-state index is 13.3. The molecule has 0 amide bonds. The summed E-state index contributed by atoms with van der Waals surface area (Å²) in [4.78, 5) is 0. The first-order valence-corrected chi connectivity index (χ1v) is 6.71. The smallest absolute Gasteiger partial charge is 0.143 e. The highest BCUT2D eigenvalue weighted by Crippen LogP contribution is 2.14. The zero-order valence-corrected chi connectivity index (χ0v) is 11.0. The van der Waals surface area contributed by atoms with Gasteiger partial charge in [-0.05, 0) is 24.6 Å². The normalized spacial score (nSPS) is 10.1. The summed E-state index contributed by atoms with van der Waals surface area (Å²) in [7, 11) is 0. The lowest BCUT2D eigenvalue weighted by Gasteiger charge is -2.06. The first-order valence-electron chi connectivity index (χ1n) is 6.71. The van der Waals surface area contributed by atoms with Gasteiger partial charge < -0.3 is 5.32 Å². The van der Waals surface area contributed by atoms with Gasteiger partial charge in [0.1, 0.15) is 11.9 Å². The minimum absolute atomic E-state index is 0.0973. The van der Waals surface area contributed by atoms with Crippen LogP contribution in [0.15, 0.2) is 18.2 Å². The zero-order chi connectivity index (χ0) is 13.2. The molecule has 18 heavy (non-hydrogen) atoms. The molecule has 1 aromatic rings. The van der Waals surface area contributed by atoms with Crippen molar-refractivity contribution in [2.45, 2.75) is 45.4 Å². The molecule has 2 nitrogen and oxygen atoms in total. The van der Waals surface area contributed by atoms with Crippen LogP contribution in [0.4, 0.5) is 10.1 Å². The van der Waals surface area contributed by atoms with Gasteiger partial charge >= 0.3 is 0 Å². The summed E-state index contributed by atoms with van der Waals surface area (Å²) in [5, 5.41) is 11.8. The monoisotopic (exact) mass is 248 g/mol. The zero-order valence-electron chi connectivity index (χ0n) is 11.0. The highest BCUT2D eigenvalue weighted by atomic mass is 19.1. The topological polar surface area (TPSA) is 35.8 Å². The molecular weight excluding hydrogens is 227 g/mol. The molecule has 0 spiro atoms. The van der Waals surface area contributed by atoms with E-state index in [2.05, 4.69) is 12.2 Å². The molecule has 3 heteroatoms. The van der Waals surface area contributed by atoms with Crippen LogP contribution in [0, 0.1) is 17.1 Å². The van der Waals surface area contributed by atoms with Gasteiger partial charge in [0.15, 0.2) is 0 Å². The molecule has 0 heterocycles. The van der Waals surface area contributed by atoms with Gasteiger partial charge in [-0.2, -0.15) is 5.26 Å². The molecule has 1 rings (SSSR count). The fraction of sp³-hybridized carbons (Fsp3) is 0.533. The minimum Gasteiger partial charge on any atom is -0.385 e. The van der Waals surface area contributed by atoms with E-state index in [4.69, 9.17) is 5.26 Å². The van der Waals surface area contributed by atoms with Crippen molar-refractivity contribution >= 4 is 5.69 Å². The van der Waals surface area contributed by atoms with Crippen LogP contribution < -0.4 is 5.32 Å². The van der Waals surface area contributed by atoms with E-state index < -0.39 is 5.82 Å². The van der Waals surface area contributed by atoms with Crippen molar-refractivity contribution in [2.24, 2.45) is 0 Å². The van der Waals surface area contributed by atoms with Gasteiger partial charge in [0, 0.05) is 12.2 Å². The summed E-state index contributed by atoms with van der Waals surface area (Å²) >= 11 is 0. The number of anilines is 1. The van der Waals surface area contributed by atoms with Crippen molar-refractivity contribution in [1.82, 2.24) is 0 Å². The molecule has 0 aliphatic heterocycles. The molecule has 0 aliphatic rings. The number of benzene rings is 1. The first kappa shape index (κ1) is 14.5. The Hall–Kier alpha value is -1.56. The van der Waals surface area contributed by atoms with E-state index in [9.17, 15) is 4.39 Å². The Morgan fingerprint density at radius 2 is 1.89 bits per heavy atom. The summed E-state index contributed by atoms with van der Waals surface area (Å²) in [6.07, 6.45) is 7.48. The van der Waals surface area contributed by atoms with Crippen LogP contribution in [0.5, 0.6) is 0 Å². The SMILES string of the molecule is CCCCCCCCNc1ccc(C#N)c(F)c1. The number of rotatable bonds is 8. The number of hydrogen-bond acceptors (Lipinski definition) is 2. The summed E-state index contributed by atoms with van der Waals surface area (Å²) in [5.41, 5.74) is 0.847. The number of nitrogens with zero attached hydrogens (tertiary/aromatic N) is 1. The van der Waals surface area contributed by atoms with Gasteiger partial charge in [0.05, 0.1) is 5.56 Å². The molecule has 0 aliphatic carbocycles. The molecule has 0 saturated carbocycles. The second-order valence-corrected chi connectivity index (χ2v) is 4.50. The molecule has 0 fully saturated rings. The van der Waals surface area contributed by atoms with Crippen LogP contribution in [0.3, 0.4) is 0 Å². The van der Waals surface area contributed by atoms with Crippen molar-refractivity contribution in [3.63, 3.8) is 0 Å². The average molecular weight is 248 g/mol. The van der Waals surface area contributed by atoms with E-state index in [0.29, 0.717) is 0 Å². The van der Waals surface area contributed by atoms with Crippen molar-refractivity contribution in [1.29, 1.82) is 5.26 Å². The number of unbranched alkanes of at least 4 members (excludes halogenated alkanes) is 5. The molecule has 0 bridgehead atoms. The van der Waals surface area contributed by atoms with Crippen LogP contribution in [0.2, 0.25) is 0 Å². The first-order chi connectivity index (χ1) is 8.77. The lowest BCUT2D eigenvalue weighted by molar-refractivity contribution is 0.615. The maximum Gasteiger partial charge on any atom is 0.143 e. The number of halogens is 1. The van der Waals surface area contributed by atoms with Crippen LogP contribution in [-0.2, 0) is 0 Å². The van der Waals surface area contributed by atoms with Gasteiger partial charge in [-0.15, -0.1) is 0 Å². The Morgan fingerprint density at radius 3 is 2.56 bits per heavy atom. The molecular formula is C15H21FN2. The fourth-order valence-corrected chi connectivity index (χ4v) is 1.85. The van der Waals surface area contributed by atoms with Gasteiger partial charge in [-0.1, -0.05) is 39.0 Å². The average Bonchev–Trinajstić information content (AvgIpc) is 2.38. The van der Waals surface area contributed by atoms with Crippen molar-refractivity contribution < 1.29 is 4.39 Å². The Morgan fingerprint density at radius 1 is 1.17 bits per heavy atom. The number of nitrogens with one attached hydrogen (secondary N) is 1. The standard InChI is InChI=1S/C15H21FN2/c1-2-3-4-5-6-7-10-18-14-9-8-13(12-17)15(16)11-14/h8-9,11,18H,2-7,10H2,1H3. The summed E-state index contributed by atoms with van der Waals surface area (Å²) in [6, 6.07) is 6.46. The highest BCUT2D eigenvalue weighted by molar-refractivity contribution is 5.47. The van der Waals surface area contributed by atoms with Crippen molar-refractivity contribution in [2.75, 3.05) is 11.9 Å². The quantitative estimate of drug-likeness (QED) is 0.689. The second kappa shape index (κ2) is 8.52. The molecule has 98 valence electrons. The number of hydrogen-bond donors (Lipinski definition) is 1. The Bertz CT molecular complexity index is 396. The molecule has 0 aromatic heterocycles. The van der Waals surface area contributed by atoms with Crippen LogP contribution in [-0.4, -0.2) is 6.54 Å². The third-order valence-electron chi connectivity index (χ3n) is 2.95.